The zero-order chi connectivity index (χ0) is 18.1. The van der Waals surface area contributed by atoms with Crippen LogP contribution < -0.4 is 20.1 Å². The van der Waals surface area contributed by atoms with Crippen molar-refractivity contribution in [1.29, 1.82) is 5.26 Å². The molecule has 0 bridgehead atoms. The van der Waals surface area contributed by atoms with E-state index >= 15 is 0 Å². The van der Waals surface area contributed by atoms with Crippen molar-refractivity contribution in [3.8, 4) is 17.6 Å². The number of pyridine rings is 1. The summed E-state index contributed by atoms with van der Waals surface area (Å²) in [6.45, 7) is 1.69. The van der Waals surface area contributed by atoms with E-state index < -0.39 is 0 Å². The molecule has 0 aliphatic carbocycles. The third-order valence-electron chi connectivity index (χ3n) is 3.58. The molecule has 1 aromatic heterocycles. The van der Waals surface area contributed by atoms with Crippen molar-refractivity contribution in [3.63, 3.8) is 0 Å². The van der Waals surface area contributed by atoms with Gasteiger partial charge in [-0.1, -0.05) is 0 Å². The fraction of sp³-hybridized carbons (Fsp3) is 0.333. The second-order valence-corrected chi connectivity index (χ2v) is 5.16. The third-order valence-corrected chi connectivity index (χ3v) is 3.58. The maximum Gasteiger partial charge on any atom is 0.165 e. The van der Waals surface area contributed by atoms with Gasteiger partial charge in [-0.15, -0.1) is 0 Å². The van der Waals surface area contributed by atoms with Gasteiger partial charge >= 0.3 is 0 Å². The van der Waals surface area contributed by atoms with Gasteiger partial charge in [-0.3, -0.25) is 0 Å². The van der Waals surface area contributed by atoms with Gasteiger partial charge < -0.3 is 24.8 Å². The number of anilines is 2. The summed E-state index contributed by atoms with van der Waals surface area (Å²) in [6.07, 6.45) is 0. The molecule has 0 unspecified atom stereocenters. The molecule has 0 fully saturated rings. The van der Waals surface area contributed by atoms with Crippen LogP contribution in [0.4, 0.5) is 11.5 Å². The van der Waals surface area contributed by atoms with Crippen LogP contribution in [0.2, 0.25) is 0 Å². The van der Waals surface area contributed by atoms with Crippen molar-refractivity contribution in [1.82, 2.24) is 4.98 Å². The van der Waals surface area contributed by atoms with E-state index in [0.29, 0.717) is 36.9 Å². The SMILES string of the molecule is COCCNc1ccc(NCc2ccc(OC)cc2OC)nc1C#N. The molecule has 2 aromatic rings. The predicted octanol–water partition coefficient (Wildman–Crippen LogP) is 2.64. The second-order valence-electron chi connectivity index (χ2n) is 5.16. The van der Waals surface area contributed by atoms with Gasteiger partial charge in [-0.05, 0) is 24.3 Å². The van der Waals surface area contributed by atoms with Crippen LogP contribution >= 0.6 is 0 Å². The van der Waals surface area contributed by atoms with E-state index in [1.807, 2.05) is 30.3 Å². The highest BCUT2D eigenvalue weighted by molar-refractivity contribution is 5.58. The minimum Gasteiger partial charge on any atom is -0.497 e. The first-order valence-electron chi connectivity index (χ1n) is 7.80. The average Bonchev–Trinajstić information content (AvgIpc) is 2.66. The molecule has 132 valence electrons. The summed E-state index contributed by atoms with van der Waals surface area (Å²) >= 11 is 0. The minimum atomic E-state index is 0.336. The zero-order valence-electron chi connectivity index (χ0n) is 14.6. The smallest absolute Gasteiger partial charge is 0.165 e. The Labute approximate surface area is 147 Å². The highest BCUT2D eigenvalue weighted by atomic mass is 16.5. The molecule has 0 aliphatic heterocycles. The molecule has 0 atom stereocenters. The van der Waals surface area contributed by atoms with Crippen molar-refractivity contribution in [2.75, 3.05) is 45.1 Å². The molecular formula is C18H22N4O3. The maximum absolute atomic E-state index is 9.28. The molecule has 0 radical (unpaired) electrons. The number of hydrogen-bond acceptors (Lipinski definition) is 7. The number of nitrogens with one attached hydrogen (secondary N) is 2. The van der Waals surface area contributed by atoms with Crippen molar-refractivity contribution in [2.45, 2.75) is 6.54 Å². The molecule has 25 heavy (non-hydrogen) atoms. The van der Waals surface area contributed by atoms with Crippen LogP contribution in [-0.4, -0.2) is 39.5 Å². The van der Waals surface area contributed by atoms with Crippen LogP contribution in [0.15, 0.2) is 30.3 Å². The van der Waals surface area contributed by atoms with E-state index in [0.717, 1.165) is 17.1 Å². The Balaban J connectivity index is 2.07. The largest absolute Gasteiger partial charge is 0.497 e. The fourth-order valence-electron chi connectivity index (χ4n) is 2.26. The van der Waals surface area contributed by atoms with E-state index in [2.05, 4.69) is 21.7 Å². The van der Waals surface area contributed by atoms with Gasteiger partial charge in [-0.25, -0.2) is 4.98 Å². The molecule has 2 rings (SSSR count). The summed E-state index contributed by atoms with van der Waals surface area (Å²) in [7, 11) is 4.86. The Bertz CT molecular complexity index is 744. The quantitative estimate of drug-likeness (QED) is 0.677. The van der Waals surface area contributed by atoms with Crippen LogP contribution in [0.3, 0.4) is 0 Å². The van der Waals surface area contributed by atoms with Crippen LogP contribution in [0, 0.1) is 11.3 Å². The fourth-order valence-corrected chi connectivity index (χ4v) is 2.26. The maximum atomic E-state index is 9.28. The topological polar surface area (TPSA) is 88.4 Å². The number of benzene rings is 1. The zero-order valence-corrected chi connectivity index (χ0v) is 14.6. The normalized spacial score (nSPS) is 10.0. The van der Waals surface area contributed by atoms with E-state index in [4.69, 9.17) is 14.2 Å². The van der Waals surface area contributed by atoms with E-state index in [-0.39, 0.29) is 0 Å². The lowest BCUT2D eigenvalue weighted by atomic mass is 10.2. The summed E-state index contributed by atoms with van der Waals surface area (Å²) in [6, 6.07) is 11.4. The summed E-state index contributed by atoms with van der Waals surface area (Å²) in [5, 5.41) is 15.6. The lowest BCUT2D eigenvalue weighted by Crippen LogP contribution is -2.10. The van der Waals surface area contributed by atoms with Gasteiger partial charge in [0.1, 0.15) is 23.4 Å². The number of hydrogen-bond donors (Lipinski definition) is 2. The van der Waals surface area contributed by atoms with Crippen molar-refractivity contribution < 1.29 is 14.2 Å². The van der Waals surface area contributed by atoms with Crippen molar-refractivity contribution in [2.24, 2.45) is 0 Å². The molecule has 1 aromatic carbocycles. The number of aromatic nitrogens is 1. The lowest BCUT2D eigenvalue weighted by Gasteiger charge is -2.13. The summed E-state index contributed by atoms with van der Waals surface area (Å²) < 4.78 is 15.6. The highest BCUT2D eigenvalue weighted by Crippen LogP contribution is 2.25. The number of rotatable bonds is 9. The first-order chi connectivity index (χ1) is 12.2. The first-order valence-corrected chi connectivity index (χ1v) is 7.80. The lowest BCUT2D eigenvalue weighted by molar-refractivity contribution is 0.211. The molecule has 2 N–H and O–H groups in total. The van der Waals surface area contributed by atoms with E-state index in [9.17, 15) is 5.26 Å². The Hall–Kier alpha value is -2.98. The first kappa shape index (κ1) is 18.4. The Kier molecular flexibility index (Phi) is 6.87. The molecule has 1 heterocycles. The molecule has 0 spiro atoms. The molecule has 7 heteroatoms. The van der Waals surface area contributed by atoms with Gasteiger partial charge in [0, 0.05) is 31.8 Å². The van der Waals surface area contributed by atoms with Gasteiger partial charge in [-0.2, -0.15) is 5.26 Å². The molecule has 0 saturated heterocycles. The molecule has 0 saturated carbocycles. The minimum absolute atomic E-state index is 0.336. The van der Waals surface area contributed by atoms with E-state index in [1.54, 1.807) is 21.3 Å². The number of nitriles is 1. The summed E-state index contributed by atoms with van der Waals surface area (Å²) in [4.78, 5) is 4.33. The average molecular weight is 342 g/mol. The Morgan fingerprint density at radius 1 is 1.08 bits per heavy atom. The Morgan fingerprint density at radius 3 is 2.60 bits per heavy atom. The van der Waals surface area contributed by atoms with Crippen LogP contribution in [0.1, 0.15) is 11.3 Å². The summed E-state index contributed by atoms with van der Waals surface area (Å²) in [5.41, 5.74) is 1.99. The van der Waals surface area contributed by atoms with Gasteiger partial charge in [0.15, 0.2) is 5.69 Å². The molecular weight excluding hydrogens is 320 g/mol. The summed E-state index contributed by atoms with van der Waals surface area (Å²) in [5.74, 6) is 2.08. The van der Waals surface area contributed by atoms with Crippen LogP contribution in [0.25, 0.3) is 0 Å². The highest BCUT2D eigenvalue weighted by Gasteiger charge is 2.08. The predicted molar refractivity (Wildman–Crippen MR) is 96.2 cm³/mol. The van der Waals surface area contributed by atoms with Gasteiger partial charge in [0.25, 0.3) is 0 Å². The van der Waals surface area contributed by atoms with Crippen LogP contribution in [0.5, 0.6) is 11.5 Å². The van der Waals surface area contributed by atoms with Gasteiger partial charge in [0.05, 0.1) is 26.5 Å². The standard InChI is InChI=1S/C18H22N4O3/c1-23-9-8-20-15-6-7-18(22-16(15)11-19)21-12-13-4-5-14(24-2)10-17(13)25-3/h4-7,10,20H,8-9,12H2,1-3H3,(H,21,22). The van der Waals surface area contributed by atoms with Crippen molar-refractivity contribution in [3.05, 3.63) is 41.6 Å². The molecule has 7 nitrogen and oxygen atoms in total. The number of methoxy groups -OCH3 is 3. The monoisotopic (exact) mass is 342 g/mol. The van der Waals surface area contributed by atoms with Crippen molar-refractivity contribution >= 4 is 11.5 Å². The van der Waals surface area contributed by atoms with E-state index in [1.165, 1.54) is 0 Å². The van der Waals surface area contributed by atoms with Crippen LogP contribution in [-0.2, 0) is 11.3 Å². The molecule has 0 aliphatic rings. The molecule has 0 amide bonds. The number of ether oxygens (including phenoxy) is 3. The number of nitrogens with zero attached hydrogens (tertiary/aromatic N) is 2. The third kappa shape index (κ3) is 4.99. The van der Waals surface area contributed by atoms with Gasteiger partial charge in [0.2, 0.25) is 0 Å². The Morgan fingerprint density at radius 2 is 1.92 bits per heavy atom. The second kappa shape index (κ2) is 9.35.